The lowest BCUT2D eigenvalue weighted by Gasteiger charge is -2.33. The first-order valence-electron chi connectivity index (χ1n) is 11.6. The number of methoxy groups -OCH3 is 1. The van der Waals surface area contributed by atoms with Crippen LogP contribution in [0, 0.1) is 11.8 Å². The summed E-state index contributed by atoms with van der Waals surface area (Å²) < 4.78 is 16.5. The van der Waals surface area contributed by atoms with E-state index in [-0.39, 0.29) is 29.2 Å². The van der Waals surface area contributed by atoms with Gasteiger partial charge in [0.15, 0.2) is 17.2 Å². The molecular weight excluding hydrogens is 428 g/mol. The number of hydrogen-bond acceptors (Lipinski definition) is 8. The molecule has 1 saturated heterocycles. The van der Waals surface area contributed by atoms with Crippen molar-refractivity contribution in [3.8, 4) is 11.5 Å². The molecule has 0 saturated carbocycles. The van der Waals surface area contributed by atoms with Crippen LogP contribution in [0.15, 0.2) is 12.3 Å². The SMILES string of the molecule is CCC[C@H]1CCCC[C@H](NC(=O)c2nccc(OC)c2O)C(=O)O[C@@H](C)[C@@H]1OC(=O)C(C)C. The Kier molecular flexibility index (Phi) is 9.94. The molecule has 1 aliphatic heterocycles. The molecule has 9 heteroatoms. The lowest BCUT2D eigenvalue weighted by molar-refractivity contribution is -0.175. The van der Waals surface area contributed by atoms with Crippen LogP contribution in [-0.2, 0) is 19.1 Å². The van der Waals surface area contributed by atoms with Crippen LogP contribution < -0.4 is 10.1 Å². The van der Waals surface area contributed by atoms with Crippen LogP contribution in [0.1, 0.15) is 76.7 Å². The number of amides is 1. The van der Waals surface area contributed by atoms with Gasteiger partial charge in [0.2, 0.25) is 0 Å². The molecule has 9 nitrogen and oxygen atoms in total. The van der Waals surface area contributed by atoms with Crippen LogP contribution in [0.25, 0.3) is 0 Å². The summed E-state index contributed by atoms with van der Waals surface area (Å²) in [5, 5.41) is 12.8. The van der Waals surface area contributed by atoms with Crippen molar-refractivity contribution in [2.45, 2.75) is 84.5 Å². The zero-order valence-electron chi connectivity index (χ0n) is 20.1. The number of cyclic esters (lactones) is 1. The molecule has 0 bridgehead atoms. The molecule has 2 heterocycles. The fraction of sp³-hybridized carbons (Fsp3) is 0.667. The molecule has 1 aromatic heterocycles. The van der Waals surface area contributed by atoms with Gasteiger partial charge in [-0.25, -0.2) is 9.78 Å². The lowest BCUT2D eigenvalue weighted by atomic mass is 9.87. The maximum atomic E-state index is 13.0. The molecule has 0 unspecified atom stereocenters. The number of esters is 2. The van der Waals surface area contributed by atoms with Crippen molar-refractivity contribution in [3.05, 3.63) is 18.0 Å². The van der Waals surface area contributed by atoms with Gasteiger partial charge in [0.25, 0.3) is 5.91 Å². The van der Waals surface area contributed by atoms with Crippen molar-refractivity contribution in [1.29, 1.82) is 0 Å². The van der Waals surface area contributed by atoms with Gasteiger partial charge in [0.1, 0.15) is 18.2 Å². The third kappa shape index (κ3) is 7.07. The van der Waals surface area contributed by atoms with Gasteiger partial charge in [-0.05, 0) is 32.1 Å². The normalized spacial score (nSPS) is 24.0. The fourth-order valence-electron chi connectivity index (χ4n) is 4.02. The van der Waals surface area contributed by atoms with Gasteiger partial charge in [-0.2, -0.15) is 0 Å². The van der Waals surface area contributed by atoms with E-state index in [4.69, 9.17) is 14.2 Å². The van der Waals surface area contributed by atoms with Crippen LogP contribution in [0.2, 0.25) is 0 Å². The minimum Gasteiger partial charge on any atom is -0.503 e. The molecule has 1 aliphatic rings. The third-order valence-corrected chi connectivity index (χ3v) is 5.84. The fourth-order valence-corrected chi connectivity index (χ4v) is 4.02. The van der Waals surface area contributed by atoms with Crippen molar-refractivity contribution in [1.82, 2.24) is 10.3 Å². The number of rotatable bonds is 7. The quantitative estimate of drug-likeness (QED) is 0.589. The van der Waals surface area contributed by atoms with E-state index in [1.54, 1.807) is 20.8 Å². The van der Waals surface area contributed by atoms with Crippen molar-refractivity contribution < 1.29 is 33.7 Å². The number of aromatic nitrogens is 1. The Morgan fingerprint density at radius 3 is 2.64 bits per heavy atom. The number of aromatic hydroxyl groups is 1. The number of carbonyl (C=O) groups is 3. The van der Waals surface area contributed by atoms with Crippen LogP contribution in [0.5, 0.6) is 11.5 Å². The van der Waals surface area contributed by atoms with Crippen LogP contribution in [0.3, 0.4) is 0 Å². The summed E-state index contributed by atoms with van der Waals surface area (Å²) in [5.74, 6) is -2.14. The predicted octanol–water partition coefficient (Wildman–Crippen LogP) is 3.38. The minimum atomic E-state index is -0.920. The summed E-state index contributed by atoms with van der Waals surface area (Å²) in [6.07, 6.45) is 4.60. The zero-order valence-corrected chi connectivity index (χ0v) is 20.1. The molecule has 33 heavy (non-hydrogen) atoms. The average Bonchev–Trinajstić information content (AvgIpc) is 2.77. The van der Waals surface area contributed by atoms with Gasteiger partial charge in [0, 0.05) is 12.3 Å². The Balaban J connectivity index is 2.20. The van der Waals surface area contributed by atoms with Crippen LogP contribution in [0.4, 0.5) is 0 Å². The van der Waals surface area contributed by atoms with Crippen molar-refractivity contribution in [3.63, 3.8) is 0 Å². The number of nitrogens with zero attached hydrogens (tertiary/aromatic N) is 1. The Morgan fingerprint density at radius 1 is 1.30 bits per heavy atom. The zero-order chi connectivity index (χ0) is 24.5. The first-order valence-corrected chi connectivity index (χ1v) is 11.6. The Morgan fingerprint density at radius 2 is 2.00 bits per heavy atom. The summed E-state index contributed by atoms with van der Waals surface area (Å²) in [4.78, 5) is 41.9. The summed E-state index contributed by atoms with van der Waals surface area (Å²) in [6, 6.07) is 0.508. The first kappa shape index (κ1) is 26.4. The summed E-state index contributed by atoms with van der Waals surface area (Å²) in [6.45, 7) is 7.32. The van der Waals surface area contributed by atoms with E-state index in [2.05, 4.69) is 17.2 Å². The molecule has 2 N–H and O–H groups in total. The van der Waals surface area contributed by atoms with Gasteiger partial charge in [-0.3, -0.25) is 9.59 Å². The first-order chi connectivity index (χ1) is 15.7. The van der Waals surface area contributed by atoms with Gasteiger partial charge in [-0.15, -0.1) is 0 Å². The van der Waals surface area contributed by atoms with E-state index in [1.807, 2.05) is 0 Å². The number of carbonyl (C=O) groups excluding carboxylic acids is 3. The summed E-state index contributed by atoms with van der Waals surface area (Å²) in [7, 11) is 1.37. The third-order valence-electron chi connectivity index (χ3n) is 5.84. The maximum Gasteiger partial charge on any atom is 0.329 e. The molecule has 0 aliphatic carbocycles. The van der Waals surface area contributed by atoms with E-state index in [0.717, 1.165) is 25.7 Å². The number of nitrogens with one attached hydrogen (secondary N) is 1. The number of hydrogen-bond donors (Lipinski definition) is 2. The monoisotopic (exact) mass is 464 g/mol. The molecule has 0 aromatic carbocycles. The highest BCUT2D eigenvalue weighted by Gasteiger charge is 2.36. The topological polar surface area (TPSA) is 124 Å². The Bertz CT molecular complexity index is 827. The molecular formula is C24H36N2O7. The van der Waals surface area contributed by atoms with E-state index in [1.165, 1.54) is 19.4 Å². The highest BCUT2D eigenvalue weighted by atomic mass is 16.6. The molecule has 4 atom stereocenters. The second-order valence-corrected chi connectivity index (χ2v) is 8.77. The second-order valence-electron chi connectivity index (χ2n) is 8.77. The lowest BCUT2D eigenvalue weighted by Crippen LogP contribution is -2.47. The Labute approximate surface area is 195 Å². The molecule has 184 valence electrons. The van der Waals surface area contributed by atoms with E-state index in [9.17, 15) is 19.5 Å². The minimum absolute atomic E-state index is 0.0876. The summed E-state index contributed by atoms with van der Waals surface area (Å²) in [5.41, 5.74) is -0.237. The maximum absolute atomic E-state index is 13.0. The highest BCUT2D eigenvalue weighted by Crippen LogP contribution is 2.29. The van der Waals surface area contributed by atoms with Gasteiger partial charge in [0.05, 0.1) is 13.0 Å². The average molecular weight is 465 g/mol. The smallest absolute Gasteiger partial charge is 0.329 e. The van der Waals surface area contributed by atoms with Gasteiger partial charge in [-0.1, -0.05) is 40.0 Å². The van der Waals surface area contributed by atoms with E-state index >= 15 is 0 Å². The van der Waals surface area contributed by atoms with E-state index in [0.29, 0.717) is 12.8 Å². The molecule has 0 radical (unpaired) electrons. The van der Waals surface area contributed by atoms with Crippen molar-refractivity contribution >= 4 is 17.8 Å². The molecule has 1 amide bonds. The van der Waals surface area contributed by atoms with Crippen molar-refractivity contribution in [2.75, 3.05) is 7.11 Å². The highest BCUT2D eigenvalue weighted by molar-refractivity contribution is 5.97. The number of pyridine rings is 1. The van der Waals surface area contributed by atoms with Gasteiger partial charge < -0.3 is 24.6 Å². The summed E-state index contributed by atoms with van der Waals surface area (Å²) >= 11 is 0. The molecule has 0 spiro atoms. The molecule has 1 aromatic rings. The second kappa shape index (κ2) is 12.4. The molecule has 2 rings (SSSR count). The number of ether oxygens (including phenoxy) is 3. The largest absolute Gasteiger partial charge is 0.503 e. The van der Waals surface area contributed by atoms with E-state index < -0.39 is 35.9 Å². The molecule has 1 fully saturated rings. The predicted molar refractivity (Wildman–Crippen MR) is 121 cm³/mol. The Hall–Kier alpha value is -2.84. The standard InChI is InChI=1S/C24H36N2O7/c1-6-9-16-10-7-8-11-17(24(30)32-15(4)21(16)33-23(29)14(2)3)26-22(28)19-20(27)18(31-5)12-13-25-19/h12-17,21,27H,6-11H2,1-5H3,(H,26,28)/t15-,16-,17-,21-/m0/s1. The van der Waals surface area contributed by atoms with Crippen LogP contribution in [-0.4, -0.2) is 53.3 Å². The van der Waals surface area contributed by atoms with Crippen molar-refractivity contribution in [2.24, 2.45) is 11.8 Å². The van der Waals surface area contributed by atoms with Gasteiger partial charge >= 0.3 is 11.9 Å². The van der Waals surface area contributed by atoms with Crippen LogP contribution >= 0.6 is 0 Å².